The summed E-state index contributed by atoms with van der Waals surface area (Å²) in [5.41, 5.74) is 1.30. The molecule has 0 saturated carbocycles. The fraction of sp³-hybridized carbons (Fsp3) is 0.263. The largest absolute Gasteiger partial charge is 0.497 e. The summed E-state index contributed by atoms with van der Waals surface area (Å²) in [6.45, 7) is 2.87. The number of hydrogen-bond donors (Lipinski definition) is 0. The molecule has 0 bridgehead atoms. The van der Waals surface area contributed by atoms with Gasteiger partial charge < -0.3 is 19.1 Å². The summed E-state index contributed by atoms with van der Waals surface area (Å²) in [5.74, 6) is 0.627. The summed E-state index contributed by atoms with van der Waals surface area (Å²) in [6.07, 6.45) is 0. The molecule has 0 aliphatic carbocycles. The van der Waals surface area contributed by atoms with Crippen molar-refractivity contribution in [2.75, 3.05) is 33.4 Å². The van der Waals surface area contributed by atoms with Crippen LogP contribution in [0.5, 0.6) is 11.5 Å². The van der Waals surface area contributed by atoms with Crippen molar-refractivity contribution in [2.24, 2.45) is 0 Å². The molecule has 1 saturated heterocycles. The molecule has 2 aromatic carbocycles. The normalized spacial score (nSPS) is 14.0. The number of carbonyl (C=O) groups excluding carboxylic acids is 1. The maximum atomic E-state index is 12.4. The van der Waals surface area contributed by atoms with E-state index in [1.807, 2.05) is 12.1 Å². The number of carbonyl (C=O) groups is 1. The second-order valence-electron chi connectivity index (χ2n) is 5.79. The molecule has 0 aromatic heterocycles. The number of morpholine rings is 1. The molecular formula is C19H17Br2NO4S. The minimum atomic E-state index is -0.456. The zero-order valence-corrected chi connectivity index (χ0v) is 18.5. The molecular weight excluding hydrogens is 498 g/mol. The average molecular weight is 515 g/mol. The van der Waals surface area contributed by atoms with Crippen LogP contribution in [0.3, 0.4) is 0 Å². The molecule has 0 radical (unpaired) electrons. The highest BCUT2D eigenvalue weighted by Crippen LogP contribution is 2.36. The number of benzene rings is 2. The monoisotopic (exact) mass is 513 g/mol. The Morgan fingerprint density at radius 3 is 2.22 bits per heavy atom. The molecule has 0 atom stereocenters. The van der Waals surface area contributed by atoms with Crippen LogP contribution in [0.1, 0.15) is 15.9 Å². The van der Waals surface area contributed by atoms with E-state index in [9.17, 15) is 4.79 Å². The van der Waals surface area contributed by atoms with E-state index in [1.54, 1.807) is 31.4 Å². The molecule has 0 spiro atoms. The van der Waals surface area contributed by atoms with Crippen molar-refractivity contribution in [2.45, 2.75) is 0 Å². The molecule has 142 valence electrons. The molecule has 3 rings (SSSR count). The molecule has 1 aliphatic rings. The Morgan fingerprint density at radius 1 is 1.07 bits per heavy atom. The quantitative estimate of drug-likeness (QED) is 0.341. The van der Waals surface area contributed by atoms with E-state index in [-0.39, 0.29) is 0 Å². The Morgan fingerprint density at radius 2 is 1.67 bits per heavy atom. The van der Waals surface area contributed by atoms with Crippen LogP contribution in [-0.2, 0) is 4.74 Å². The van der Waals surface area contributed by atoms with E-state index >= 15 is 0 Å². The molecule has 27 heavy (non-hydrogen) atoms. The standard InChI is InChI=1S/C19H17Br2NO4S/c1-24-14-4-2-12(3-5-14)19(23)26-17-15(20)10-13(11-16(17)21)18(27)22-6-8-25-9-7-22/h2-5,10-11H,6-9H2,1H3. The van der Waals surface area contributed by atoms with Gasteiger partial charge in [0.15, 0.2) is 5.75 Å². The summed E-state index contributed by atoms with van der Waals surface area (Å²) in [5, 5.41) is 0. The van der Waals surface area contributed by atoms with Gasteiger partial charge in [-0.3, -0.25) is 0 Å². The molecule has 5 nitrogen and oxygen atoms in total. The van der Waals surface area contributed by atoms with Crippen LogP contribution in [0.15, 0.2) is 45.3 Å². The second kappa shape index (κ2) is 9.14. The van der Waals surface area contributed by atoms with Gasteiger partial charge in [0.1, 0.15) is 10.7 Å². The first kappa shape index (κ1) is 20.3. The number of rotatable bonds is 4. The predicted molar refractivity (Wildman–Crippen MR) is 114 cm³/mol. The van der Waals surface area contributed by atoms with Crippen LogP contribution in [0.2, 0.25) is 0 Å². The van der Waals surface area contributed by atoms with Gasteiger partial charge in [-0.2, -0.15) is 0 Å². The van der Waals surface area contributed by atoms with E-state index < -0.39 is 5.97 Å². The lowest BCUT2D eigenvalue weighted by molar-refractivity contribution is 0.0692. The summed E-state index contributed by atoms with van der Waals surface area (Å²) < 4.78 is 17.3. The number of methoxy groups -OCH3 is 1. The lowest BCUT2D eigenvalue weighted by Crippen LogP contribution is -2.40. The van der Waals surface area contributed by atoms with Crippen molar-refractivity contribution in [1.82, 2.24) is 4.90 Å². The van der Waals surface area contributed by atoms with Gasteiger partial charge in [0.05, 0.1) is 34.8 Å². The predicted octanol–water partition coefficient (Wildman–Crippen LogP) is 4.45. The first-order valence-electron chi connectivity index (χ1n) is 8.22. The minimum Gasteiger partial charge on any atom is -0.497 e. The number of halogens is 2. The molecule has 8 heteroatoms. The molecule has 0 N–H and O–H groups in total. The Hall–Kier alpha value is -1.48. The van der Waals surface area contributed by atoms with Crippen molar-refractivity contribution in [3.8, 4) is 11.5 Å². The Labute approximate surface area is 179 Å². The Bertz CT molecular complexity index is 828. The van der Waals surface area contributed by atoms with Crippen LogP contribution in [0.4, 0.5) is 0 Å². The lowest BCUT2D eigenvalue weighted by atomic mass is 10.2. The fourth-order valence-corrected chi connectivity index (χ4v) is 4.26. The highest BCUT2D eigenvalue weighted by Gasteiger charge is 2.20. The van der Waals surface area contributed by atoms with Crippen LogP contribution >= 0.6 is 44.1 Å². The van der Waals surface area contributed by atoms with Gasteiger partial charge in [-0.05, 0) is 68.3 Å². The number of ether oxygens (including phenoxy) is 3. The van der Waals surface area contributed by atoms with Crippen molar-refractivity contribution in [3.05, 3.63) is 56.5 Å². The van der Waals surface area contributed by atoms with Gasteiger partial charge in [-0.15, -0.1) is 0 Å². The van der Waals surface area contributed by atoms with Gasteiger partial charge in [-0.1, -0.05) is 12.2 Å². The molecule has 0 unspecified atom stereocenters. The van der Waals surface area contributed by atoms with Gasteiger partial charge in [0, 0.05) is 18.7 Å². The van der Waals surface area contributed by atoms with E-state index in [0.717, 1.165) is 23.6 Å². The van der Waals surface area contributed by atoms with Crippen LogP contribution < -0.4 is 9.47 Å². The molecule has 2 aromatic rings. The van der Waals surface area contributed by atoms with Crippen LogP contribution in [0, 0.1) is 0 Å². The zero-order chi connectivity index (χ0) is 19.4. The summed E-state index contributed by atoms with van der Waals surface area (Å²) in [4.78, 5) is 15.3. The number of esters is 1. The Kier molecular flexibility index (Phi) is 6.86. The molecule has 1 fully saturated rings. The van der Waals surface area contributed by atoms with Gasteiger partial charge in [0.2, 0.25) is 0 Å². The van der Waals surface area contributed by atoms with Gasteiger partial charge in [-0.25, -0.2) is 4.79 Å². The van der Waals surface area contributed by atoms with Crippen molar-refractivity contribution >= 4 is 55.0 Å². The van der Waals surface area contributed by atoms with E-state index in [4.69, 9.17) is 26.4 Å². The van der Waals surface area contributed by atoms with Gasteiger partial charge in [0.25, 0.3) is 0 Å². The highest BCUT2D eigenvalue weighted by molar-refractivity contribution is 9.11. The number of nitrogens with zero attached hydrogens (tertiary/aromatic N) is 1. The average Bonchev–Trinajstić information content (AvgIpc) is 2.70. The van der Waals surface area contributed by atoms with E-state index in [0.29, 0.717) is 39.2 Å². The first-order valence-corrected chi connectivity index (χ1v) is 10.2. The smallest absolute Gasteiger partial charge is 0.343 e. The third-order valence-corrected chi connectivity index (χ3v) is 5.74. The van der Waals surface area contributed by atoms with Crippen molar-refractivity contribution in [3.63, 3.8) is 0 Å². The zero-order valence-electron chi connectivity index (χ0n) is 14.5. The summed E-state index contributed by atoms with van der Waals surface area (Å²) in [6, 6.07) is 10.5. The maximum absolute atomic E-state index is 12.4. The maximum Gasteiger partial charge on any atom is 0.343 e. The van der Waals surface area contributed by atoms with Crippen LogP contribution in [-0.4, -0.2) is 49.3 Å². The lowest BCUT2D eigenvalue weighted by Gasteiger charge is -2.29. The van der Waals surface area contributed by atoms with Crippen molar-refractivity contribution in [1.29, 1.82) is 0 Å². The van der Waals surface area contributed by atoms with E-state index in [2.05, 4.69) is 36.8 Å². The highest BCUT2D eigenvalue weighted by atomic mass is 79.9. The Balaban J connectivity index is 1.77. The second-order valence-corrected chi connectivity index (χ2v) is 7.89. The third-order valence-electron chi connectivity index (χ3n) is 4.06. The molecule has 1 heterocycles. The first-order chi connectivity index (χ1) is 13.0. The third kappa shape index (κ3) is 4.87. The molecule has 0 amide bonds. The summed E-state index contributed by atoms with van der Waals surface area (Å²) in [7, 11) is 1.57. The van der Waals surface area contributed by atoms with Crippen molar-refractivity contribution < 1.29 is 19.0 Å². The van der Waals surface area contributed by atoms with E-state index in [1.165, 1.54) is 0 Å². The molecule has 1 aliphatic heterocycles. The topological polar surface area (TPSA) is 48.0 Å². The summed E-state index contributed by atoms with van der Waals surface area (Å²) >= 11 is 12.6. The minimum absolute atomic E-state index is 0.407. The number of hydrogen-bond acceptors (Lipinski definition) is 5. The van der Waals surface area contributed by atoms with Crippen LogP contribution in [0.25, 0.3) is 0 Å². The van der Waals surface area contributed by atoms with Gasteiger partial charge >= 0.3 is 5.97 Å². The number of thiocarbonyl (C=S) groups is 1. The fourth-order valence-electron chi connectivity index (χ4n) is 2.61. The SMILES string of the molecule is COc1ccc(C(=O)Oc2c(Br)cc(C(=S)N3CCOCC3)cc2Br)cc1.